The summed E-state index contributed by atoms with van der Waals surface area (Å²) in [5.74, 6) is -0.671. The lowest BCUT2D eigenvalue weighted by Gasteiger charge is -2.11. The van der Waals surface area contributed by atoms with E-state index in [9.17, 15) is 18.0 Å². The van der Waals surface area contributed by atoms with Crippen LogP contribution in [-0.2, 0) is 11.0 Å². The van der Waals surface area contributed by atoms with E-state index in [1.165, 1.54) is 12.1 Å². The van der Waals surface area contributed by atoms with Crippen LogP contribution in [-0.4, -0.2) is 21.6 Å². The third kappa shape index (κ3) is 5.85. The summed E-state index contributed by atoms with van der Waals surface area (Å²) in [6.07, 6.45) is -4.64. The molecule has 1 N–H and O–H groups in total. The number of carbonyl (C=O) groups excluding carboxylic acids is 1. The van der Waals surface area contributed by atoms with Gasteiger partial charge in [-0.05, 0) is 24.3 Å². The molecular formula is C19H12Cl2F3N3OS. The maximum absolute atomic E-state index is 13.2. The first-order chi connectivity index (χ1) is 13.7. The summed E-state index contributed by atoms with van der Waals surface area (Å²) in [6, 6.07) is 13.9. The topological polar surface area (TPSA) is 54.9 Å². The summed E-state index contributed by atoms with van der Waals surface area (Å²) in [6.45, 7) is 0. The molecule has 0 spiro atoms. The van der Waals surface area contributed by atoms with Gasteiger partial charge in [-0.25, -0.2) is 9.97 Å². The van der Waals surface area contributed by atoms with Crippen LogP contribution in [0.15, 0.2) is 59.8 Å². The predicted molar refractivity (Wildman–Crippen MR) is 108 cm³/mol. The first-order valence-corrected chi connectivity index (χ1v) is 9.86. The second-order valence-corrected chi connectivity index (χ2v) is 7.53. The Morgan fingerprint density at radius 1 is 1.03 bits per heavy atom. The Morgan fingerprint density at radius 2 is 1.76 bits per heavy atom. The van der Waals surface area contributed by atoms with Gasteiger partial charge in [-0.2, -0.15) is 13.2 Å². The van der Waals surface area contributed by atoms with Crippen LogP contribution in [0.2, 0.25) is 10.0 Å². The Kier molecular flexibility index (Phi) is 6.66. The van der Waals surface area contributed by atoms with Gasteiger partial charge >= 0.3 is 6.18 Å². The molecule has 1 heterocycles. The van der Waals surface area contributed by atoms with Crippen molar-refractivity contribution >= 4 is 46.6 Å². The third-order valence-corrected chi connectivity index (χ3v) is 5.00. The van der Waals surface area contributed by atoms with Gasteiger partial charge in [0.25, 0.3) is 0 Å². The number of amides is 1. The van der Waals surface area contributed by atoms with Gasteiger partial charge < -0.3 is 5.32 Å². The van der Waals surface area contributed by atoms with E-state index in [1.807, 2.05) is 0 Å². The Bertz CT molecular complexity index is 1030. The van der Waals surface area contributed by atoms with Crippen molar-refractivity contribution in [3.8, 4) is 11.3 Å². The highest BCUT2D eigenvalue weighted by atomic mass is 35.5. The highest BCUT2D eigenvalue weighted by Crippen LogP contribution is 2.32. The number of anilines is 1. The molecule has 0 saturated carbocycles. The van der Waals surface area contributed by atoms with E-state index in [1.54, 1.807) is 36.4 Å². The Labute approximate surface area is 178 Å². The average Bonchev–Trinajstić information content (AvgIpc) is 2.68. The highest BCUT2D eigenvalue weighted by molar-refractivity contribution is 7.99. The summed E-state index contributed by atoms with van der Waals surface area (Å²) in [7, 11) is 0. The lowest BCUT2D eigenvalue weighted by Crippen LogP contribution is -2.15. The van der Waals surface area contributed by atoms with E-state index in [0.29, 0.717) is 16.3 Å². The molecule has 0 aliphatic rings. The molecule has 3 rings (SSSR count). The summed E-state index contributed by atoms with van der Waals surface area (Å²) in [5.41, 5.74) is -0.0946. The molecule has 0 aliphatic heterocycles. The van der Waals surface area contributed by atoms with Crippen molar-refractivity contribution in [2.24, 2.45) is 0 Å². The van der Waals surface area contributed by atoms with Crippen LogP contribution in [0, 0.1) is 0 Å². The zero-order valence-electron chi connectivity index (χ0n) is 14.5. The lowest BCUT2D eigenvalue weighted by atomic mass is 10.1. The molecule has 4 nitrogen and oxygen atoms in total. The maximum Gasteiger partial charge on any atom is 0.433 e. The minimum Gasteiger partial charge on any atom is -0.324 e. The van der Waals surface area contributed by atoms with Crippen molar-refractivity contribution in [3.05, 3.63) is 70.3 Å². The molecule has 1 aromatic heterocycles. The van der Waals surface area contributed by atoms with Crippen LogP contribution in [0.4, 0.5) is 18.9 Å². The Morgan fingerprint density at radius 3 is 2.41 bits per heavy atom. The predicted octanol–water partition coefficient (Wildman–Crippen LogP) is 6.20. The van der Waals surface area contributed by atoms with Crippen LogP contribution in [0.3, 0.4) is 0 Å². The molecule has 10 heteroatoms. The number of alkyl halides is 3. The van der Waals surface area contributed by atoms with E-state index < -0.39 is 17.8 Å². The second-order valence-electron chi connectivity index (χ2n) is 5.75. The molecule has 0 fully saturated rings. The van der Waals surface area contributed by atoms with Gasteiger partial charge in [-0.15, -0.1) is 0 Å². The normalized spacial score (nSPS) is 11.3. The van der Waals surface area contributed by atoms with E-state index in [4.69, 9.17) is 23.2 Å². The molecule has 0 saturated heterocycles. The Hall–Kier alpha value is -2.29. The van der Waals surface area contributed by atoms with Crippen LogP contribution in [0.5, 0.6) is 0 Å². The summed E-state index contributed by atoms with van der Waals surface area (Å²) >= 11 is 12.6. The fourth-order valence-corrected chi connectivity index (χ4v) is 3.41. The number of rotatable bonds is 5. The standard InChI is InChI=1S/C19H12Cl2F3N3OS/c20-12-6-7-14(13(21)8-12)25-17(28)10-29-18-26-15(11-4-2-1-3-5-11)9-16(27-18)19(22,23)24/h1-9H,10H2,(H,25,28). The number of carbonyl (C=O) groups is 1. The number of halogens is 5. The van der Waals surface area contributed by atoms with Crippen LogP contribution >= 0.6 is 35.0 Å². The fourth-order valence-electron chi connectivity index (χ4n) is 2.30. The number of nitrogens with zero attached hydrogens (tertiary/aromatic N) is 2. The number of thioether (sulfide) groups is 1. The fraction of sp³-hybridized carbons (Fsp3) is 0.105. The van der Waals surface area contributed by atoms with E-state index in [0.717, 1.165) is 17.8 Å². The quantitative estimate of drug-likeness (QED) is 0.366. The van der Waals surface area contributed by atoms with Gasteiger partial charge in [0.05, 0.1) is 22.2 Å². The van der Waals surface area contributed by atoms with Gasteiger partial charge in [0, 0.05) is 10.6 Å². The van der Waals surface area contributed by atoms with Crippen molar-refractivity contribution in [1.82, 2.24) is 9.97 Å². The van der Waals surface area contributed by atoms with Crippen molar-refractivity contribution in [2.75, 3.05) is 11.1 Å². The number of hydrogen-bond acceptors (Lipinski definition) is 4. The van der Waals surface area contributed by atoms with E-state index in [2.05, 4.69) is 15.3 Å². The number of aromatic nitrogens is 2. The van der Waals surface area contributed by atoms with Crippen molar-refractivity contribution in [3.63, 3.8) is 0 Å². The van der Waals surface area contributed by atoms with Crippen molar-refractivity contribution in [1.29, 1.82) is 0 Å². The SMILES string of the molecule is O=C(CSc1nc(-c2ccccc2)cc(C(F)(F)F)n1)Nc1ccc(Cl)cc1Cl. The molecule has 0 atom stereocenters. The van der Waals surface area contributed by atoms with Crippen LogP contribution in [0.25, 0.3) is 11.3 Å². The molecule has 0 bridgehead atoms. The number of benzene rings is 2. The summed E-state index contributed by atoms with van der Waals surface area (Å²) in [5, 5.41) is 3.07. The molecule has 0 unspecified atom stereocenters. The van der Waals surface area contributed by atoms with Gasteiger partial charge in [-0.1, -0.05) is 65.3 Å². The number of hydrogen-bond donors (Lipinski definition) is 1. The molecule has 2 aromatic carbocycles. The minimum atomic E-state index is -4.64. The van der Waals surface area contributed by atoms with Gasteiger partial charge in [0.15, 0.2) is 5.16 Å². The first-order valence-electron chi connectivity index (χ1n) is 8.12. The maximum atomic E-state index is 13.2. The van der Waals surface area contributed by atoms with E-state index >= 15 is 0 Å². The Balaban J connectivity index is 1.78. The van der Waals surface area contributed by atoms with Crippen molar-refractivity contribution < 1.29 is 18.0 Å². The van der Waals surface area contributed by atoms with Gasteiger partial charge in [-0.3, -0.25) is 4.79 Å². The molecule has 3 aromatic rings. The second kappa shape index (κ2) is 9.02. The zero-order valence-corrected chi connectivity index (χ0v) is 16.8. The average molecular weight is 458 g/mol. The summed E-state index contributed by atoms with van der Waals surface area (Å²) < 4.78 is 39.7. The molecular weight excluding hydrogens is 446 g/mol. The van der Waals surface area contributed by atoms with E-state index in [-0.39, 0.29) is 21.6 Å². The molecule has 150 valence electrons. The minimum absolute atomic E-state index is 0.122. The monoisotopic (exact) mass is 457 g/mol. The van der Waals surface area contributed by atoms with Crippen LogP contribution < -0.4 is 5.32 Å². The lowest BCUT2D eigenvalue weighted by molar-refractivity contribution is -0.141. The summed E-state index contributed by atoms with van der Waals surface area (Å²) in [4.78, 5) is 19.9. The zero-order chi connectivity index (χ0) is 21.0. The van der Waals surface area contributed by atoms with Gasteiger partial charge in [0.1, 0.15) is 5.69 Å². The van der Waals surface area contributed by atoms with Crippen molar-refractivity contribution in [2.45, 2.75) is 11.3 Å². The third-order valence-electron chi connectivity index (χ3n) is 3.60. The largest absolute Gasteiger partial charge is 0.433 e. The molecule has 29 heavy (non-hydrogen) atoms. The molecule has 0 radical (unpaired) electrons. The van der Waals surface area contributed by atoms with Gasteiger partial charge in [0.2, 0.25) is 5.91 Å². The highest BCUT2D eigenvalue weighted by Gasteiger charge is 2.34. The molecule has 1 amide bonds. The van der Waals surface area contributed by atoms with Crippen LogP contribution in [0.1, 0.15) is 5.69 Å². The molecule has 0 aliphatic carbocycles. The first kappa shape index (κ1) is 21.4. The smallest absolute Gasteiger partial charge is 0.324 e. The number of nitrogens with one attached hydrogen (secondary N) is 1.